The van der Waals surface area contributed by atoms with Crippen LogP contribution in [0.15, 0.2) is 66.9 Å². The molecule has 5 nitrogen and oxygen atoms in total. The zero-order valence-electron chi connectivity index (χ0n) is 14.7. The van der Waals surface area contributed by atoms with E-state index in [0.29, 0.717) is 22.8 Å². The van der Waals surface area contributed by atoms with Crippen LogP contribution in [0.2, 0.25) is 5.02 Å². The lowest BCUT2D eigenvalue weighted by molar-refractivity contribution is 0.0946. The highest BCUT2D eigenvalue weighted by atomic mass is 35.5. The fourth-order valence-corrected chi connectivity index (χ4v) is 2.63. The number of aromatic nitrogens is 1. The van der Waals surface area contributed by atoms with Gasteiger partial charge in [0, 0.05) is 29.0 Å². The topological polar surface area (TPSA) is 71.1 Å². The maximum atomic E-state index is 12.4. The number of carbonyl (C=O) groups is 2. The van der Waals surface area contributed by atoms with E-state index in [1.54, 1.807) is 30.3 Å². The van der Waals surface area contributed by atoms with Gasteiger partial charge in [-0.25, -0.2) is 0 Å². The summed E-state index contributed by atoms with van der Waals surface area (Å²) in [6.07, 6.45) is 1.44. The number of amides is 2. The molecule has 0 bridgehead atoms. The number of pyridine rings is 1. The molecule has 0 spiro atoms. The second kappa shape index (κ2) is 8.47. The molecule has 136 valence electrons. The minimum Gasteiger partial charge on any atom is -0.347 e. The molecule has 1 aromatic heterocycles. The molecule has 0 saturated carbocycles. The number of carbonyl (C=O) groups excluding carboxylic acids is 2. The maximum absolute atomic E-state index is 12.4. The van der Waals surface area contributed by atoms with E-state index in [1.807, 2.05) is 31.2 Å². The molecule has 0 aliphatic heterocycles. The number of nitrogens with zero attached hydrogens (tertiary/aromatic N) is 1. The van der Waals surface area contributed by atoms with Crippen LogP contribution in [0.1, 0.15) is 32.0 Å². The molecule has 2 N–H and O–H groups in total. The molecule has 3 aromatic rings. The van der Waals surface area contributed by atoms with Crippen molar-refractivity contribution in [3.8, 4) is 0 Å². The Balaban J connectivity index is 1.66. The summed E-state index contributed by atoms with van der Waals surface area (Å²) in [5, 5.41) is 6.08. The summed E-state index contributed by atoms with van der Waals surface area (Å²) in [5.74, 6) is -0.680. The van der Waals surface area contributed by atoms with Crippen LogP contribution in [-0.2, 0) is 6.54 Å². The average molecular weight is 380 g/mol. The van der Waals surface area contributed by atoms with Crippen molar-refractivity contribution in [3.05, 3.63) is 94.3 Å². The lowest BCUT2D eigenvalue weighted by atomic mass is 10.1. The number of rotatable bonds is 5. The SMILES string of the molecule is Cc1ccc(CNC(=O)c2cc(C(=O)Nc3cccc(Cl)c3)ccn2)cc1. The van der Waals surface area contributed by atoms with Gasteiger partial charge in [-0.3, -0.25) is 14.6 Å². The molecule has 3 rings (SSSR count). The van der Waals surface area contributed by atoms with E-state index in [9.17, 15) is 9.59 Å². The summed E-state index contributed by atoms with van der Waals surface area (Å²) in [5.41, 5.74) is 3.25. The Morgan fingerprint density at radius 1 is 1.00 bits per heavy atom. The molecule has 27 heavy (non-hydrogen) atoms. The van der Waals surface area contributed by atoms with E-state index in [-0.39, 0.29) is 17.5 Å². The van der Waals surface area contributed by atoms with Crippen molar-refractivity contribution < 1.29 is 9.59 Å². The molecule has 0 unspecified atom stereocenters. The van der Waals surface area contributed by atoms with Crippen molar-refractivity contribution in [1.82, 2.24) is 10.3 Å². The zero-order chi connectivity index (χ0) is 19.2. The zero-order valence-corrected chi connectivity index (χ0v) is 15.5. The van der Waals surface area contributed by atoms with Crippen LogP contribution in [0.25, 0.3) is 0 Å². The summed E-state index contributed by atoms with van der Waals surface area (Å²) in [6, 6.07) is 17.8. The van der Waals surface area contributed by atoms with Gasteiger partial charge in [0.25, 0.3) is 11.8 Å². The molecular weight excluding hydrogens is 362 g/mol. The summed E-state index contributed by atoms with van der Waals surface area (Å²) >= 11 is 5.92. The standard InChI is InChI=1S/C21H18ClN3O2/c1-14-5-7-15(8-6-14)13-24-21(27)19-11-16(9-10-23-19)20(26)25-18-4-2-3-17(22)12-18/h2-12H,13H2,1H3,(H,24,27)(H,25,26). The van der Waals surface area contributed by atoms with E-state index < -0.39 is 0 Å². The smallest absolute Gasteiger partial charge is 0.270 e. The summed E-state index contributed by atoms with van der Waals surface area (Å²) in [6.45, 7) is 2.39. The Hall–Kier alpha value is -3.18. The lowest BCUT2D eigenvalue weighted by Crippen LogP contribution is -2.24. The summed E-state index contributed by atoms with van der Waals surface area (Å²) in [7, 11) is 0. The van der Waals surface area contributed by atoms with Crippen molar-refractivity contribution in [3.63, 3.8) is 0 Å². The molecule has 0 saturated heterocycles. The molecule has 0 aliphatic rings. The summed E-state index contributed by atoms with van der Waals surface area (Å²) < 4.78 is 0. The molecule has 2 aromatic carbocycles. The highest BCUT2D eigenvalue weighted by molar-refractivity contribution is 6.31. The number of halogens is 1. The highest BCUT2D eigenvalue weighted by Gasteiger charge is 2.12. The molecule has 0 aliphatic carbocycles. The molecule has 0 atom stereocenters. The Bertz CT molecular complexity index is 971. The first-order chi connectivity index (χ1) is 13.0. The third-order valence-electron chi connectivity index (χ3n) is 3.91. The predicted octanol–water partition coefficient (Wildman–Crippen LogP) is 4.23. The van der Waals surface area contributed by atoms with Gasteiger partial charge in [0.05, 0.1) is 0 Å². The normalized spacial score (nSPS) is 10.3. The Labute approximate surface area is 162 Å². The second-order valence-corrected chi connectivity index (χ2v) is 6.50. The average Bonchev–Trinajstić information content (AvgIpc) is 2.67. The number of anilines is 1. The number of nitrogens with one attached hydrogen (secondary N) is 2. The largest absolute Gasteiger partial charge is 0.347 e. The highest BCUT2D eigenvalue weighted by Crippen LogP contribution is 2.16. The van der Waals surface area contributed by atoms with Gasteiger partial charge in [0.1, 0.15) is 5.69 Å². The molecule has 6 heteroatoms. The van der Waals surface area contributed by atoms with Crippen molar-refractivity contribution >= 4 is 29.1 Å². The summed E-state index contributed by atoms with van der Waals surface area (Å²) in [4.78, 5) is 28.8. The molecule has 2 amide bonds. The predicted molar refractivity (Wildman–Crippen MR) is 106 cm³/mol. The first-order valence-electron chi connectivity index (χ1n) is 8.38. The second-order valence-electron chi connectivity index (χ2n) is 6.06. The third kappa shape index (κ3) is 5.15. The van der Waals surface area contributed by atoms with E-state index >= 15 is 0 Å². The minimum absolute atomic E-state index is 0.181. The van der Waals surface area contributed by atoms with Crippen LogP contribution in [0.3, 0.4) is 0 Å². The number of hydrogen-bond acceptors (Lipinski definition) is 3. The van der Waals surface area contributed by atoms with Crippen LogP contribution in [0, 0.1) is 6.92 Å². The quantitative estimate of drug-likeness (QED) is 0.697. The van der Waals surface area contributed by atoms with Crippen molar-refractivity contribution in [1.29, 1.82) is 0 Å². The van der Waals surface area contributed by atoms with Crippen LogP contribution >= 0.6 is 11.6 Å². The van der Waals surface area contributed by atoms with Gasteiger partial charge < -0.3 is 10.6 Å². The maximum Gasteiger partial charge on any atom is 0.270 e. The van der Waals surface area contributed by atoms with Gasteiger partial charge in [-0.15, -0.1) is 0 Å². The Morgan fingerprint density at radius 2 is 1.78 bits per heavy atom. The van der Waals surface area contributed by atoms with Crippen molar-refractivity contribution in [2.24, 2.45) is 0 Å². The van der Waals surface area contributed by atoms with Crippen molar-refractivity contribution in [2.75, 3.05) is 5.32 Å². The van der Waals surface area contributed by atoms with E-state index in [2.05, 4.69) is 15.6 Å². The van der Waals surface area contributed by atoms with E-state index in [1.165, 1.54) is 12.3 Å². The van der Waals surface area contributed by atoms with Crippen LogP contribution in [-0.4, -0.2) is 16.8 Å². The van der Waals surface area contributed by atoms with Crippen LogP contribution < -0.4 is 10.6 Å². The molecule has 0 fully saturated rings. The minimum atomic E-state index is -0.341. The van der Waals surface area contributed by atoms with Gasteiger partial charge in [0.2, 0.25) is 0 Å². The first-order valence-corrected chi connectivity index (χ1v) is 8.76. The molecule has 0 radical (unpaired) electrons. The van der Waals surface area contributed by atoms with Crippen LogP contribution in [0.5, 0.6) is 0 Å². The third-order valence-corrected chi connectivity index (χ3v) is 4.15. The molecular formula is C21H18ClN3O2. The van der Waals surface area contributed by atoms with Gasteiger partial charge >= 0.3 is 0 Å². The Kier molecular flexibility index (Phi) is 5.84. The number of benzene rings is 2. The fourth-order valence-electron chi connectivity index (χ4n) is 2.44. The van der Waals surface area contributed by atoms with Gasteiger partial charge in [0.15, 0.2) is 0 Å². The monoisotopic (exact) mass is 379 g/mol. The van der Waals surface area contributed by atoms with Crippen molar-refractivity contribution in [2.45, 2.75) is 13.5 Å². The number of aryl methyl sites for hydroxylation is 1. The first kappa shape index (κ1) is 18.6. The lowest BCUT2D eigenvalue weighted by Gasteiger charge is -2.08. The fraction of sp³-hybridized carbons (Fsp3) is 0.0952. The van der Waals surface area contributed by atoms with Gasteiger partial charge in [-0.05, 0) is 42.8 Å². The van der Waals surface area contributed by atoms with E-state index in [4.69, 9.17) is 11.6 Å². The van der Waals surface area contributed by atoms with Crippen LogP contribution in [0.4, 0.5) is 5.69 Å². The number of hydrogen-bond donors (Lipinski definition) is 2. The Morgan fingerprint density at radius 3 is 2.52 bits per heavy atom. The van der Waals surface area contributed by atoms with E-state index in [0.717, 1.165) is 11.1 Å². The van der Waals surface area contributed by atoms with Gasteiger partial charge in [-0.1, -0.05) is 47.5 Å². The van der Waals surface area contributed by atoms with Gasteiger partial charge in [-0.2, -0.15) is 0 Å². The molecule has 1 heterocycles.